The van der Waals surface area contributed by atoms with Crippen LogP contribution in [0.2, 0.25) is 0 Å². The van der Waals surface area contributed by atoms with Crippen LogP contribution in [-0.2, 0) is 38.4 Å². The number of nitrogens with one attached hydrogen (secondary N) is 4. The van der Waals surface area contributed by atoms with Crippen LogP contribution in [0.15, 0.2) is 91.1 Å². The molecule has 7 N–H and O–H groups in total. The molecule has 0 fully saturated rings. The summed E-state index contributed by atoms with van der Waals surface area (Å²) in [5.41, 5.74) is 9.25. The van der Waals surface area contributed by atoms with E-state index < -0.39 is 48.4 Å². The van der Waals surface area contributed by atoms with Crippen LogP contribution in [0.4, 0.5) is 0 Å². The Morgan fingerprint density at radius 1 is 0.732 bits per heavy atom. The van der Waals surface area contributed by atoms with E-state index >= 15 is 0 Å². The van der Waals surface area contributed by atoms with Gasteiger partial charge in [-0.2, -0.15) is 0 Å². The van der Waals surface area contributed by atoms with Gasteiger partial charge in [-0.05, 0) is 29.2 Å². The van der Waals surface area contributed by atoms with Crippen molar-refractivity contribution < 1.29 is 24.3 Å². The second kappa shape index (κ2) is 13.9. The fourth-order valence-electron chi connectivity index (χ4n) is 4.56. The molecule has 212 valence electrons. The second-order valence-electron chi connectivity index (χ2n) is 9.79. The smallest absolute Gasteiger partial charge is 0.326 e. The molecule has 4 aromatic rings. The molecule has 0 bridgehead atoms. The molecule has 3 amide bonds. The van der Waals surface area contributed by atoms with Crippen LogP contribution in [-0.4, -0.2) is 58.5 Å². The van der Waals surface area contributed by atoms with Crippen LogP contribution in [0.3, 0.4) is 0 Å². The minimum atomic E-state index is -1.23. The Kier molecular flexibility index (Phi) is 9.85. The number of carbonyl (C=O) groups is 4. The van der Waals surface area contributed by atoms with Crippen LogP contribution < -0.4 is 21.7 Å². The lowest BCUT2D eigenvalue weighted by atomic mass is 10.0. The maximum atomic E-state index is 13.3. The van der Waals surface area contributed by atoms with Crippen molar-refractivity contribution in [3.8, 4) is 0 Å². The van der Waals surface area contributed by atoms with E-state index in [4.69, 9.17) is 5.73 Å². The minimum absolute atomic E-state index is 0.0481. The van der Waals surface area contributed by atoms with Crippen molar-refractivity contribution in [3.05, 3.63) is 108 Å². The van der Waals surface area contributed by atoms with Gasteiger partial charge < -0.3 is 31.8 Å². The molecule has 3 aromatic carbocycles. The lowest BCUT2D eigenvalue weighted by Crippen LogP contribution is -2.55. The van der Waals surface area contributed by atoms with Crippen molar-refractivity contribution in [3.63, 3.8) is 0 Å². The summed E-state index contributed by atoms with van der Waals surface area (Å²) in [6.07, 6.45) is 2.20. The van der Waals surface area contributed by atoms with Gasteiger partial charge in [-0.15, -0.1) is 0 Å². The molecule has 0 aliphatic rings. The van der Waals surface area contributed by atoms with Crippen LogP contribution in [0, 0.1) is 0 Å². The van der Waals surface area contributed by atoms with Gasteiger partial charge in [0.1, 0.15) is 12.1 Å². The number of H-pyrrole nitrogens is 1. The summed E-state index contributed by atoms with van der Waals surface area (Å²) in [6, 6.07) is 22.6. The Bertz CT molecular complexity index is 1490. The highest BCUT2D eigenvalue weighted by Gasteiger charge is 2.28. The first-order valence-electron chi connectivity index (χ1n) is 13.3. The van der Waals surface area contributed by atoms with E-state index in [1.807, 2.05) is 60.7 Å². The SMILES string of the molecule is NC(Cc1ccccc1)C(=O)NCC(=O)NC(Cc1ccccc1)C(=O)NC(Cc1c[nH]c2ccccc12)C(=O)O. The number of aromatic nitrogens is 1. The highest BCUT2D eigenvalue weighted by molar-refractivity contribution is 5.93. The number of amides is 3. The molecule has 10 heteroatoms. The van der Waals surface area contributed by atoms with Gasteiger partial charge in [0.15, 0.2) is 0 Å². The molecule has 0 saturated heterocycles. The van der Waals surface area contributed by atoms with Gasteiger partial charge in [-0.1, -0.05) is 78.9 Å². The Morgan fingerprint density at radius 2 is 1.34 bits per heavy atom. The van der Waals surface area contributed by atoms with Gasteiger partial charge in [-0.25, -0.2) is 4.79 Å². The van der Waals surface area contributed by atoms with Crippen molar-refractivity contribution >= 4 is 34.6 Å². The molecule has 0 spiro atoms. The van der Waals surface area contributed by atoms with E-state index in [9.17, 15) is 24.3 Å². The zero-order valence-electron chi connectivity index (χ0n) is 22.4. The Hall–Kier alpha value is -4.96. The molecule has 41 heavy (non-hydrogen) atoms. The second-order valence-corrected chi connectivity index (χ2v) is 9.79. The standard InChI is InChI=1S/C31H33N5O5/c32-24(15-20-9-3-1-4-10-20)29(38)34-19-28(37)35-26(16-21-11-5-2-6-12-21)30(39)36-27(31(40)41)17-22-18-33-25-14-8-7-13-23(22)25/h1-14,18,24,26-27,33H,15-17,19,32H2,(H,34,38)(H,35,37)(H,36,39)(H,40,41). The lowest BCUT2D eigenvalue weighted by molar-refractivity contribution is -0.142. The monoisotopic (exact) mass is 555 g/mol. The van der Waals surface area contributed by atoms with Crippen LogP contribution in [0.1, 0.15) is 16.7 Å². The van der Waals surface area contributed by atoms with Crippen molar-refractivity contribution in [2.45, 2.75) is 37.4 Å². The number of hydrogen-bond acceptors (Lipinski definition) is 5. The average Bonchev–Trinajstić information content (AvgIpc) is 3.39. The molecule has 0 aliphatic carbocycles. The molecule has 0 radical (unpaired) electrons. The maximum Gasteiger partial charge on any atom is 0.326 e. The summed E-state index contributed by atoms with van der Waals surface area (Å²) in [4.78, 5) is 53.8. The Balaban J connectivity index is 1.40. The minimum Gasteiger partial charge on any atom is -0.480 e. The van der Waals surface area contributed by atoms with Gasteiger partial charge in [0.2, 0.25) is 17.7 Å². The fraction of sp³-hybridized carbons (Fsp3) is 0.226. The van der Waals surface area contributed by atoms with E-state index in [1.165, 1.54) is 0 Å². The van der Waals surface area contributed by atoms with Gasteiger partial charge in [0, 0.05) is 29.9 Å². The average molecular weight is 556 g/mol. The van der Waals surface area contributed by atoms with E-state index in [0.717, 1.165) is 27.6 Å². The maximum absolute atomic E-state index is 13.3. The van der Waals surface area contributed by atoms with Gasteiger partial charge in [0.25, 0.3) is 0 Å². The van der Waals surface area contributed by atoms with E-state index in [0.29, 0.717) is 6.42 Å². The van der Waals surface area contributed by atoms with Gasteiger partial charge in [-0.3, -0.25) is 14.4 Å². The van der Waals surface area contributed by atoms with Crippen LogP contribution in [0.25, 0.3) is 10.9 Å². The van der Waals surface area contributed by atoms with Crippen LogP contribution >= 0.6 is 0 Å². The van der Waals surface area contributed by atoms with Crippen molar-refractivity contribution in [2.75, 3.05) is 6.54 Å². The van der Waals surface area contributed by atoms with Gasteiger partial charge in [0.05, 0.1) is 12.6 Å². The third-order valence-electron chi connectivity index (χ3n) is 6.71. The molecular weight excluding hydrogens is 522 g/mol. The number of para-hydroxylation sites is 1. The summed E-state index contributed by atoms with van der Waals surface area (Å²) in [6.45, 7) is -0.391. The Labute approximate surface area is 237 Å². The van der Waals surface area contributed by atoms with Gasteiger partial charge >= 0.3 is 5.97 Å². The van der Waals surface area contributed by atoms with Crippen LogP contribution in [0.5, 0.6) is 0 Å². The molecule has 0 aliphatic heterocycles. The third-order valence-corrected chi connectivity index (χ3v) is 6.71. The number of fused-ring (bicyclic) bond motifs is 1. The normalized spacial score (nSPS) is 13.1. The van der Waals surface area contributed by atoms with E-state index in [-0.39, 0.29) is 12.8 Å². The number of nitrogens with two attached hydrogens (primary N) is 1. The number of carboxylic acid groups (broad SMARTS) is 1. The fourth-order valence-corrected chi connectivity index (χ4v) is 4.56. The zero-order chi connectivity index (χ0) is 29.2. The molecular formula is C31H33N5O5. The first-order chi connectivity index (χ1) is 19.8. The molecule has 10 nitrogen and oxygen atoms in total. The van der Waals surface area contributed by atoms with Crippen molar-refractivity contribution in [2.24, 2.45) is 5.73 Å². The molecule has 4 rings (SSSR count). The lowest BCUT2D eigenvalue weighted by Gasteiger charge is -2.22. The number of carbonyl (C=O) groups excluding carboxylic acids is 3. The molecule has 0 saturated carbocycles. The van der Waals surface area contributed by atoms with Crippen molar-refractivity contribution in [1.29, 1.82) is 0 Å². The number of benzene rings is 3. The summed E-state index contributed by atoms with van der Waals surface area (Å²) < 4.78 is 0. The predicted octanol–water partition coefficient (Wildman–Crippen LogP) is 1.69. The quantitative estimate of drug-likeness (QED) is 0.147. The number of aliphatic carboxylic acids is 1. The third kappa shape index (κ3) is 8.26. The first kappa shape index (κ1) is 29.0. The van der Waals surface area contributed by atoms with E-state index in [1.54, 1.807) is 30.5 Å². The molecule has 1 aromatic heterocycles. The largest absolute Gasteiger partial charge is 0.480 e. The number of aromatic amines is 1. The van der Waals surface area contributed by atoms with E-state index in [2.05, 4.69) is 20.9 Å². The summed E-state index contributed by atoms with van der Waals surface area (Å²) in [7, 11) is 0. The molecule has 3 atom stereocenters. The zero-order valence-corrected chi connectivity index (χ0v) is 22.4. The topological polar surface area (TPSA) is 166 Å². The highest BCUT2D eigenvalue weighted by Crippen LogP contribution is 2.19. The summed E-state index contributed by atoms with van der Waals surface area (Å²) >= 11 is 0. The predicted molar refractivity (Wildman–Crippen MR) is 155 cm³/mol. The summed E-state index contributed by atoms with van der Waals surface area (Å²) in [5, 5.41) is 18.5. The number of hydrogen-bond donors (Lipinski definition) is 6. The first-order valence-corrected chi connectivity index (χ1v) is 13.3. The molecule has 3 unspecified atom stereocenters. The number of rotatable bonds is 13. The highest BCUT2D eigenvalue weighted by atomic mass is 16.4. The number of carboxylic acids is 1. The summed E-state index contributed by atoms with van der Waals surface area (Å²) in [5.74, 6) is -2.96. The molecule has 1 heterocycles. The Morgan fingerprint density at radius 3 is 2.00 bits per heavy atom. The van der Waals surface area contributed by atoms with Crippen molar-refractivity contribution in [1.82, 2.24) is 20.9 Å².